The maximum atomic E-state index is 12.3. The van der Waals surface area contributed by atoms with E-state index in [1.54, 1.807) is 19.2 Å². The van der Waals surface area contributed by atoms with Gasteiger partial charge in [-0.2, -0.15) is 5.10 Å². The SMILES string of the molecule is Cc1cc(C(=O)Nc2cccc3cn[nH]c23)cc(Cl)n1. The lowest BCUT2D eigenvalue weighted by atomic mass is 10.2. The van der Waals surface area contributed by atoms with Crippen molar-refractivity contribution in [2.75, 3.05) is 5.32 Å². The number of para-hydroxylation sites is 1. The van der Waals surface area contributed by atoms with Crippen LogP contribution in [0.2, 0.25) is 5.15 Å². The summed E-state index contributed by atoms with van der Waals surface area (Å²) in [6, 6.07) is 8.82. The molecule has 1 aromatic carbocycles. The number of fused-ring (bicyclic) bond motifs is 1. The molecule has 0 atom stereocenters. The Morgan fingerprint density at radius 2 is 2.20 bits per heavy atom. The minimum Gasteiger partial charge on any atom is -0.320 e. The summed E-state index contributed by atoms with van der Waals surface area (Å²) in [6.45, 7) is 1.79. The van der Waals surface area contributed by atoms with Gasteiger partial charge in [0.15, 0.2) is 0 Å². The van der Waals surface area contributed by atoms with Crippen LogP contribution in [0.15, 0.2) is 36.5 Å². The zero-order chi connectivity index (χ0) is 14.1. The highest BCUT2D eigenvalue weighted by molar-refractivity contribution is 6.29. The third-order valence-corrected chi connectivity index (χ3v) is 3.10. The molecule has 0 fully saturated rings. The summed E-state index contributed by atoms with van der Waals surface area (Å²) in [5.41, 5.74) is 2.63. The Hall–Kier alpha value is -2.40. The second-order valence-corrected chi connectivity index (χ2v) is 4.80. The van der Waals surface area contributed by atoms with E-state index >= 15 is 0 Å². The number of amides is 1. The summed E-state index contributed by atoms with van der Waals surface area (Å²) >= 11 is 5.87. The highest BCUT2D eigenvalue weighted by Crippen LogP contribution is 2.21. The number of carbonyl (C=O) groups is 1. The molecule has 0 spiro atoms. The van der Waals surface area contributed by atoms with Crippen LogP contribution in [0.25, 0.3) is 10.9 Å². The molecule has 100 valence electrons. The second-order valence-electron chi connectivity index (χ2n) is 4.41. The average Bonchev–Trinajstić information content (AvgIpc) is 2.87. The third-order valence-electron chi connectivity index (χ3n) is 2.91. The molecule has 0 radical (unpaired) electrons. The summed E-state index contributed by atoms with van der Waals surface area (Å²) < 4.78 is 0. The van der Waals surface area contributed by atoms with E-state index in [-0.39, 0.29) is 5.91 Å². The van der Waals surface area contributed by atoms with Gasteiger partial charge in [0.25, 0.3) is 5.91 Å². The van der Waals surface area contributed by atoms with Crippen LogP contribution in [0.3, 0.4) is 0 Å². The molecule has 5 nitrogen and oxygen atoms in total. The van der Waals surface area contributed by atoms with Gasteiger partial charge in [0, 0.05) is 16.6 Å². The lowest BCUT2D eigenvalue weighted by molar-refractivity contribution is 0.102. The lowest BCUT2D eigenvalue weighted by Gasteiger charge is -2.07. The van der Waals surface area contributed by atoms with Gasteiger partial charge in [0.2, 0.25) is 0 Å². The number of halogens is 1. The number of carbonyl (C=O) groups excluding carboxylic acids is 1. The van der Waals surface area contributed by atoms with Crippen molar-refractivity contribution >= 4 is 34.1 Å². The number of aryl methyl sites for hydroxylation is 1. The quantitative estimate of drug-likeness (QED) is 0.711. The van der Waals surface area contributed by atoms with E-state index in [0.717, 1.165) is 10.9 Å². The first-order chi connectivity index (χ1) is 9.63. The Labute approximate surface area is 120 Å². The number of hydrogen-bond donors (Lipinski definition) is 2. The van der Waals surface area contributed by atoms with E-state index in [1.165, 1.54) is 6.07 Å². The highest BCUT2D eigenvalue weighted by atomic mass is 35.5. The topological polar surface area (TPSA) is 70.7 Å². The van der Waals surface area contributed by atoms with E-state index in [2.05, 4.69) is 20.5 Å². The Balaban J connectivity index is 1.94. The van der Waals surface area contributed by atoms with Crippen LogP contribution in [0.4, 0.5) is 5.69 Å². The van der Waals surface area contributed by atoms with E-state index in [9.17, 15) is 4.79 Å². The molecular formula is C14H11ClN4O. The Bertz CT molecular complexity index is 776. The van der Waals surface area contributed by atoms with Crippen LogP contribution in [-0.2, 0) is 0 Å². The van der Waals surface area contributed by atoms with Gasteiger partial charge in [-0.25, -0.2) is 4.98 Å². The monoisotopic (exact) mass is 286 g/mol. The van der Waals surface area contributed by atoms with Crippen LogP contribution >= 0.6 is 11.6 Å². The summed E-state index contributed by atoms with van der Waals surface area (Å²) in [7, 11) is 0. The van der Waals surface area contributed by atoms with Crippen molar-refractivity contribution in [1.29, 1.82) is 0 Å². The molecular weight excluding hydrogens is 276 g/mol. The smallest absolute Gasteiger partial charge is 0.255 e. The first-order valence-corrected chi connectivity index (χ1v) is 6.39. The molecule has 0 saturated heterocycles. The molecule has 2 N–H and O–H groups in total. The molecule has 6 heteroatoms. The van der Waals surface area contributed by atoms with Crippen molar-refractivity contribution in [3.05, 3.63) is 52.9 Å². The van der Waals surface area contributed by atoms with E-state index in [1.807, 2.05) is 18.2 Å². The molecule has 1 amide bonds. The van der Waals surface area contributed by atoms with E-state index < -0.39 is 0 Å². The first kappa shape index (κ1) is 12.6. The Morgan fingerprint density at radius 3 is 3.00 bits per heavy atom. The fraction of sp³-hybridized carbons (Fsp3) is 0.0714. The van der Waals surface area contributed by atoms with Gasteiger partial charge in [-0.15, -0.1) is 0 Å². The largest absolute Gasteiger partial charge is 0.320 e. The predicted molar refractivity (Wildman–Crippen MR) is 78.0 cm³/mol. The van der Waals surface area contributed by atoms with Crippen molar-refractivity contribution in [2.24, 2.45) is 0 Å². The summed E-state index contributed by atoms with van der Waals surface area (Å²) in [4.78, 5) is 16.3. The third kappa shape index (κ3) is 2.35. The summed E-state index contributed by atoms with van der Waals surface area (Å²) in [6.07, 6.45) is 1.71. The number of aromatic nitrogens is 3. The molecule has 0 bridgehead atoms. The number of rotatable bonds is 2. The van der Waals surface area contributed by atoms with Crippen molar-refractivity contribution < 1.29 is 4.79 Å². The number of aromatic amines is 1. The molecule has 3 aromatic rings. The van der Waals surface area contributed by atoms with E-state index in [4.69, 9.17) is 11.6 Å². The van der Waals surface area contributed by atoms with Gasteiger partial charge in [-0.05, 0) is 25.1 Å². The molecule has 0 saturated carbocycles. The van der Waals surface area contributed by atoms with E-state index in [0.29, 0.717) is 22.1 Å². The number of H-pyrrole nitrogens is 1. The maximum Gasteiger partial charge on any atom is 0.255 e. The zero-order valence-electron chi connectivity index (χ0n) is 10.6. The van der Waals surface area contributed by atoms with Crippen molar-refractivity contribution in [1.82, 2.24) is 15.2 Å². The maximum absolute atomic E-state index is 12.3. The number of benzene rings is 1. The average molecular weight is 287 g/mol. The van der Waals surface area contributed by atoms with Crippen LogP contribution in [0.5, 0.6) is 0 Å². The standard InChI is InChI=1S/C14H11ClN4O/c1-8-5-10(6-12(15)17-8)14(20)18-11-4-2-3-9-7-16-19-13(9)11/h2-7H,1H3,(H,16,19)(H,18,20). The molecule has 0 aliphatic heterocycles. The number of nitrogens with zero attached hydrogens (tertiary/aromatic N) is 2. The van der Waals surface area contributed by atoms with Gasteiger partial charge in [0.05, 0.1) is 17.4 Å². The van der Waals surface area contributed by atoms with Crippen LogP contribution in [-0.4, -0.2) is 21.1 Å². The highest BCUT2D eigenvalue weighted by Gasteiger charge is 2.10. The van der Waals surface area contributed by atoms with Gasteiger partial charge < -0.3 is 5.32 Å². The second kappa shape index (κ2) is 4.94. The summed E-state index contributed by atoms with van der Waals surface area (Å²) in [5, 5.41) is 10.9. The number of hydrogen-bond acceptors (Lipinski definition) is 3. The van der Waals surface area contributed by atoms with Crippen LogP contribution in [0, 0.1) is 6.92 Å². The molecule has 20 heavy (non-hydrogen) atoms. The molecule has 0 aliphatic carbocycles. The number of anilines is 1. The minimum absolute atomic E-state index is 0.237. The Kier molecular flexibility index (Phi) is 3.12. The van der Waals surface area contributed by atoms with Crippen molar-refractivity contribution in [3.63, 3.8) is 0 Å². The van der Waals surface area contributed by atoms with Gasteiger partial charge in [-0.3, -0.25) is 9.89 Å². The molecule has 2 aromatic heterocycles. The van der Waals surface area contributed by atoms with Crippen molar-refractivity contribution in [3.8, 4) is 0 Å². The predicted octanol–water partition coefficient (Wildman–Crippen LogP) is 3.17. The molecule has 2 heterocycles. The zero-order valence-corrected chi connectivity index (χ0v) is 11.4. The molecule has 0 unspecified atom stereocenters. The Morgan fingerprint density at radius 1 is 1.35 bits per heavy atom. The fourth-order valence-electron chi connectivity index (χ4n) is 2.03. The molecule has 0 aliphatic rings. The normalized spacial score (nSPS) is 10.7. The van der Waals surface area contributed by atoms with Crippen LogP contribution < -0.4 is 5.32 Å². The van der Waals surface area contributed by atoms with Gasteiger partial charge in [-0.1, -0.05) is 23.7 Å². The lowest BCUT2D eigenvalue weighted by Crippen LogP contribution is -2.12. The van der Waals surface area contributed by atoms with Crippen molar-refractivity contribution in [2.45, 2.75) is 6.92 Å². The molecule has 3 rings (SSSR count). The fourth-order valence-corrected chi connectivity index (χ4v) is 2.28. The number of pyridine rings is 1. The van der Waals surface area contributed by atoms with Gasteiger partial charge >= 0.3 is 0 Å². The van der Waals surface area contributed by atoms with Gasteiger partial charge in [0.1, 0.15) is 5.15 Å². The number of nitrogens with one attached hydrogen (secondary N) is 2. The first-order valence-electron chi connectivity index (χ1n) is 6.01. The van der Waals surface area contributed by atoms with Crippen LogP contribution in [0.1, 0.15) is 16.1 Å². The minimum atomic E-state index is -0.237. The summed E-state index contributed by atoms with van der Waals surface area (Å²) in [5.74, 6) is -0.237.